The standard InChI is InChI=1S/C23H26FN3O4/c1-12-9-14(6-7-17(12)24)25-22(30)19-13(2)20(27-8-4-3-5-18(19)27)21(29)23(31)26-15-10-16(28)11-15/h6-7,9,15-16,28H,3-5,8,10-11H2,1-2H3,(H,25,30)(H,26,31). The average molecular weight is 427 g/mol. The van der Waals surface area contributed by atoms with E-state index in [9.17, 15) is 23.9 Å². The number of aliphatic hydroxyl groups is 1. The SMILES string of the molecule is Cc1cc(NC(=O)c2c(C)c(C(=O)C(=O)NC3CC(O)C3)n3c2CCCC3)ccc1F. The molecule has 2 aromatic rings. The van der Waals surface area contributed by atoms with Gasteiger partial charge >= 0.3 is 0 Å². The van der Waals surface area contributed by atoms with Gasteiger partial charge in [-0.2, -0.15) is 0 Å². The second kappa shape index (κ2) is 8.26. The number of hydrogen-bond donors (Lipinski definition) is 3. The van der Waals surface area contributed by atoms with Crippen LogP contribution in [0.4, 0.5) is 10.1 Å². The molecule has 1 aliphatic carbocycles. The number of benzene rings is 1. The normalized spacial score (nSPS) is 19.9. The van der Waals surface area contributed by atoms with Crippen LogP contribution in [0.3, 0.4) is 0 Å². The highest BCUT2D eigenvalue weighted by molar-refractivity contribution is 6.43. The largest absolute Gasteiger partial charge is 0.393 e. The van der Waals surface area contributed by atoms with E-state index in [-0.39, 0.29) is 23.5 Å². The first kappa shape index (κ1) is 21.2. The zero-order valence-electron chi connectivity index (χ0n) is 17.6. The summed E-state index contributed by atoms with van der Waals surface area (Å²) in [5, 5.41) is 14.9. The third-order valence-electron chi connectivity index (χ3n) is 6.17. The Hall–Kier alpha value is -3.00. The van der Waals surface area contributed by atoms with Gasteiger partial charge in [0.2, 0.25) is 0 Å². The number of aryl methyl sites for hydroxylation is 1. The number of aliphatic hydroxyl groups excluding tert-OH is 1. The molecule has 2 heterocycles. The Morgan fingerprint density at radius 2 is 1.90 bits per heavy atom. The molecule has 0 atom stereocenters. The first-order valence-electron chi connectivity index (χ1n) is 10.6. The minimum Gasteiger partial charge on any atom is -0.393 e. The van der Waals surface area contributed by atoms with Crippen LogP contribution in [0.2, 0.25) is 0 Å². The van der Waals surface area contributed by atoms with Crippen LogP contribution in [0.5, 0.6) is 0 Å². The maximum atomic E-state index is 13.6. The maximum absolute atomic E-state index is 13.6. The lowest BCUT2D eigenvalue weighted by atomic mass is 9.89. The number of carbonyl (C=O) groups excluding carboxylic acids is 3. The van der Waals surface area contributed by atoms with Crippen molar-refractivity contribution in [2.75, 3.05) is 5.32 Å². The summed E-state index contributed by atoms with van der Waals surface area (Å²) in [5.74, 6) is -2.12. The van der Waals surface area contributed by atoms with E-state index >= 15 is 0 Å². The Kier molecular flexibility index (Phi) is 5.66. The topological polar surface area (TPSA) is 100 Å². The Bertz CT molecular complexity index is 1070. The molecule has 0 saturated heterocycles. The lowest BCUT2D eigenvalue weighted by Crippen LogP contribution is -2.49. The molecule has 1 aromatic carbocycles. The fourth-order valence-electron chi connectivity index (χ4n) is 4.45. The Balaban J connectivity index is 1.63. The van der Waals surface area contributed by atoms with Gasteiger partial charge in [-0.1, -0.05) is 0 Å². The van der Waals surface area contributed by atoms with Crippen LogP contribution in [-0.4, -0.2) is 39.4 Å². The summed E-state index contributed by atoms with van der Waals surface area (Å²) in [5.41, 5.74) is 2.75. The smallest absolute Gasteiger partial charge is 0.294 e. The van der Waals surface area contributed by atoms with Crippen LogP contribution < -0.4 is 10.6 Å². The summed E-state index contributed by atoms with van der Waals surface area (Å²) >= 11 is 0. The fourth-order valence-corrected chi connectivity index (χ4v) is 4.45. The highest BCUT2D eigenvalue weighted by Crippen LogP contribution is 2.30. The average Bonchev–Trinajstić information content (AvgIpc) is 3.00. The molecule has 3 N–H and O–H groups in total. The number of ketones is 1. The summed E-state index contributed by atoms with van der Waals surface area (Å²) in [6.45, 7) is 3.87. The number of hydrogen-bond acceptors (Lipinski definition) is 4. The van der Waals surface area contributed by atoms with Gasteiger partial charge in [0.05, 0.1) is 17.4 Å². The molecular weight excluding hydrogens is 401 g/mol. The first-order chi connectivity index (χ1) is 14.8. The van der Waals surface area contributed by atoms with Gasteiger partial charge in [-0.15, -0.1) is 0 Å². The van der Waals surface area contributed by atoms with Gasteiger partial charge in [0.1, 0.15) is 5.82 Å². The van der Waals surface area contributed by atoms with Gasteiger partial charge in [0, 0.05) is 24.0 Å². The number of carbonyl (C=O) groups is 3. The van der Waals surface area contributed by atoms with E-state index in [1.807, 2.05) is 0 Å². The number of nitrogens with zero attached hydrogens (tertiary/aromatic N) is 1. The van der Waals surface area contributed by atoms with E-state index in [0.717, 1.165) is 18.5 Å². The Morgan fingerprint density at radius 1 is 1.16 bits per heavy atom. The predicted octanol–water partition coefficient (Wildman–Crippen LogP) is 2.65. The van der Waals surface area contributed by atoms with Gasteiger partial charge in [-0.05, 0) is 75.3 Å². The van der Waals surface area contributed by atoms with E-state index in [1.54, 1.807) is 24.5 Å². The molecule has 2 aliphatic rings. The number of rotatable bonds is 5. The highest BCUT2D eigenvalue weighted by atomic mass is 19.1. The van der Waals surface area contributed by atoms with Crippen molar-refractivity contribution >= 4 is 23.3 Å². The van der Waals surface area contributed by atoms with Gasteiger partial charge in [-0.3, -0.25) is 14.4 Å². The molecule has 164 valence electrons. The van der Waals surface area contributed by atoms with Crippen LogP contribution in [-0.2, 0) is 17.8 Å². The van der Waals surface area contributed by atoms with Crippen molar-refractivity contribution in [1.29, 1.82) is 0 Å². The molecule has 1 saturated carbocycles. The number of fused-ring (bicyclic) bond motifs is 1. The second-order valence-electron chi connectivity index (χ2n) is 8.45. The van der Waals surface area contributed by atoms with E-state index < -0.39 is 17.8 Å². The third kappa shape index (κ3) is 3.99. The molecule has 1 fully saturated rings. The minimum absolute atomic E-state index is 0.202. The van der Waals surface area contributed by atoms with Crippen molar-refractivity contribution in [2.45, 2.75) is 64.6 Å². The molecule has 8 heteroatoms. The summed E-state index contributed by atoms with van der Waals surface area (Å²) in [6.07, 6.45) is 2.82. The van der Waals surface area contributed by atoms with Gasteiger partial charge in [0.25, 0.3) is 17.6 Å². The summed E-state index contributed by atoms with van der Waals surface area (Å²) in [7, 11) is 0. The maximum Gasteiger partial charge on any atom is 0.294 e. The molecule has 0 spiro atoms. The minimum atomic E-state index is -0.716. The number of nitrogens with one attached hydrogen (secondary N) is 2. The van der Waals surface area contributed by atoms with E-state index in [1.165, 1.54) is 12.1 Å². The monoisotopic (exact) mass is 427 g/mol. The van der Waals surface area contributed by atoms with Crippen LogP contribution in [0, 0.1) is 19.7 Å². The number of anilines is 1. The molecule has 0 radical (unpaired) electrons. The van der Waals surface area contributed by atoms with E-state index in [4.69, 9.17) is 0 Å². The van der Waals surface area contributed by atoms with Crippen molar-refractivity contribution in [3.05, 3.63) is 52.1 Å². The molecule has 0 bridgehead atoms. The zero-order valence-corrected chi connectivity index (χ0v) is 17.6. The number of Topliss-reactive ketones (excluding diaryl/α,β-unsaturated/α-hetero) is 1. The van der Waals surface area contributed by atoms with Crippen molar-refractivity contribution < 1.29 is 23.9 Å². The van der Waals surface area contributed by atoms with Crippen LogP contribution in [0.25, 0.3) is 0 Å². The van der Waals surface area contributed by atoms with Crippen LogP contribution in [0.1, 0.15) is 63.4 Å². The van der Waals surface area contributed by atoms with Crippen molar-refractivity contribution in [3.63, 3.8) is 0 Å². The molecule has 31 heavy (non-hydrogen) atoms. The second-order valence-corrected chi connectivity index (χ2v) is 8.45. The molecule has 4 rings (SSSR count). The quantitative estimate of drug-likeness (QED) is 0.505. The summed E-state index contributed by atoms with van der Waals surface area (Å²) < 4.78 is 15.3. The molecule has 1 aromatic heterocycles. The van der Waals surface area contributed by atoms with Crippen molar-refractivity contribution in [1.82, 2.24) is 9.88 Å². The lowest BCUT2D eigenvalue weighted by molar-refractivity contribution is -0.119. The number of halogens is 1. The zero-order chi connectivity index (χ0) is 22.3. The van der Waals surface area contributed by atoms with E-state index in [2.05, 4.69) is 10.6 Å². The van der Waals surface area contributed by atoms with Gasteiger partial charge in [0.15, 0.2) is 0 Å². The Labute approximate surface area is 179 Å². The first-order valence-corrected chi connectivity index (χ1v) is 10.6. The highest BCUT2D eigenvalue weighted by Gasteiger charge is 2.35. The molecule has 2 amide bonds. The predicted molar refractivity (Wildman–Crippen MR) is 113 cm³/mol. The van der Waals surface area contributed by atoms with E-state index in [0.29, 0.717) is 48.2 Å². The summed E-state index contributed by atoms with van der Waals surface area (Å²) in [4.78, 5) is 38.7. The lowest BCUT2D eigenvalue weighted by Gasteiger charge is -2.31. The fraction of sp³-hybridized carbons (Fsp3) is 0.435. The third-order valence-corrected chi connectivity index (χ3v) is 6.17. The number of aromatic nitrogens is 1. The number of amides is 2. The van der Waals surface area contributed by atoms with Gasteiger partial charge < -0.3 is 20.3 Å². The summed E-state index contributed by atoms with van der Waals surface area (Å²) in [6, 6.07) is 4.14. The van der Waals surface area contributed by atoms with Crippen LogP contribution >= 0.6 is 0 Å². The van der Waals surface area contributed by atoms with Crippen molar-refractivity contribution in [2.24, 2.45) is 0 Å². The molecule has 0 unspecified atom stereocenters. The Morgan fingerprint density at radius 3 is 2.58 bits per heavy atom. The molecular formula is C23H26FN3O4. The van der Waals surface area contributed by atoms with Gasteiger partial charge in [-0.25, -0.2) is 4.39 Å². The molecule has 1 aliphatic heterocycles. The van der Waals surface area contributed by atoms with Crippen molar-refractivity contribution in [3.8, 4) is 0 Å². The molecule has 7 nitrogen and oxygen atoms in total. The van der Waals surface area contributed by atoms with Crippen LogP contribution in [0.15, 0.2) is 18.2 Å².